The summed E-state index contributed by atoms with van der Waals surface area (Å²) in [5.41, 5.74) is 0.903. The van der Waals surface area contributed by atoms with E-state index in [-0.39, 0.29) is 23.4 Å². The molecule has 28 heavy (non-hydrogen) atoms. The van der Waals surface area contributed by atoms with Crippen molar-refractivity contribution in [2.24, 2.45) is 0 Å². The topological polar surface area (TPSA) is 66.5 Å². The van der Waals surface area contributed by atoms with Gasteiger partial charge in [0, 0.05) is 17.0 Å². The number of benzene rings is 2. The molecular weight excluding hydrogens is 392 g/mol. The SMILES string of the molecule is CCN(c1ccccc1)S(=O)(=O)c1cccc(C(=O)NC(C)c2cccs2)c1. The lowest BCUT2D eigenvalue weighted by molar-refractivity contribution is 0.0940. The van der Waals surface area contributed by atoms with Crippen molar-refractivity contribution in [2.75, 3.05) is 10.8 Å². The first-order valence-corrected chi connectivity index (χ1v) is 11.3. The van der Waals surface area contributed by atoms with Crippen LogP contribution in [-0.2, 0) is 10.0 Å². The van der Waals surface area contributed by atoms with Crippen molar-refractivity contribution < 1.29 is 13.2 Å². The highest BCUT2D eigenvalue weighted by Gasteiger charge is 2.24. The minimum Gasteiger partial charge on any atom is -0.345 e. The van der Waals surface area contributed by atoms with Gasteiger partial charge in [-0.15, -0.1) is 11.3 Å². The van der Waals surface area contributed by atoms with E-state index in [0.29, 0.717) is 11.3 Å². The smallest absolute Gasteiger partial charge is 0.264 e. The van der Waals surface area contributed by atoms with E-state index in [0.717, 1.165) is 4.88 Å². The number of sulfonamides is 1. The number of anilines is 1. The van der Waals surface area contributed by atoms with Crippen LogP contribution in [0.15, 0.2) is 77.0 Å². The van der Waals surface area contributed by atoms with Crippen molar-refractivity contribution in [3.8, 4) is 0 Å². The summed E-state index contributed by atoms with van der Waals surface area (Å²) in [6.45, 7) is 3.97. The third-order valence-corrected chi connectivity index (χ3v) is 7.29. The Morgan fingerprint density at radius 2 is 1.82 bits per heavy atom. The summed E-state index contributed by atoms with van der Waals surface area (Å²) in [4.78, 5) is 13.8. The van der Waals surface area contributed by atoms with E-state index < -0.39 is 10.0 Å². The van der Waals surface area contributed by atoms with Gasteiger partial charge in [0.1, 0.15) is 0 Å². The lowest BCUT2D eigenvalue weighted by Crippen LogP contribution is -2.31. The number of hydrogen-bond acceptors (Lipinski definition) is 4. The summed E-state index contributed by atoms with van der Waals surface area (Å²) < 4.78 is 27.6. The molecule has 0 saturated carbocycles. The lowest BCUT2D eigenvalue weighted by Gasteiger charge is -2.23. The minimum atomic E-state index is -3.78. The van der Waals surface area contributed by atoms with Crippen molar-refractivity contribution >= 4 is 33.0 Å². The van der Waals surface area contributed by atoms with Crippen LogP contribution in [-0.4, -0.2) is 20.9 Å². The second-order valence-corrected chi connectivity index (χ2v) is 9.09. The zero-order valence-electron chi connectivity index (χ0n) is 15.7. The van der Waals surface area contributed by atoms with Gasteiger partial charge < -0.3 is 5.32 Å². The number of thiophene rings is 1. The van der Waals surface area contributed by atoms with E-state index >= 15 is 0 Å². The summed E-state index contributed by atoms with van der Waals surface area (Å²) in [6, 6.07) is 18.8. The zero-order valence-corrected chi connectivity index (χ0v) is 17.3. The molecule has 7 heteroatoms. The number of carbonyl (C=O) groups excluding carboxylic acids is 1. The maximum absolute atomic E-state index is 13.1. The fraction of sp³-hybridized carbons (Fsp3) is 0.190. The molecule has 1 heterocycles. The van der Waals surface area contributed by atoms with Gasteiger partial charge in [0.15, 0.2) is 0 Å². The largest absolute Gasteiger partial charge is 0.345 e. The molecule has 0 aliphatic heterocycles. The molecule has 2 aromatic carbocycles. The van der Waals surface area contributed by atoms with E-state index in [1.165, 1.54) is 16.4 Å². The fourth-order valence-corrected chi connectivity index (χ4v) is 5.15. The van der Waals surface area contributed by atoms with Crippen molar-refractivity contribution in [3.05, 3.63) is 82.6 Å². The van der Waals surface area contributed by atoms with Gasteiger partial charge in [-0.1, -0.05) is 30.3 Å². The first-order chi connectivity index (χ1) is 13.4. The predicted molar refractivity (Wildman–Crippen MR) is 113 cm³/mol. The Kier molecular flexibility index (Phi) is 6.16. The van der Waals surface area contributed by atoms with E-state index in [1.807, 2.05) is 30.5 Å². The zero-order chi connectivity index (χ0) is 20.1. The van der Waals surface area contributed by atoms with E-state index in [1.54, 1.807) is 54.7 Å². The Labute approximate surface area is 169 Å². The van der Waals surface area contributed by atoms with Crippen LogP contribution in [0.5, 0.6) is 0 Å². The van der Waals surface area contributed by atoms with Crippen LogP contribution in [0.25, 0.3) is 0 Å². The van der Waals surface area contributed by atoms with Crippen LogP contribution >= 0.6 is 11.3 Å². The first-order valence-electron chi connectivity index (χ1n) is 8.95. The predicted octanol–water partition coefficient (Wildman–Crippen LogP) is 4.45. The van der Waals surface area contributed by atoms with Crippen molar-refractivity contribution in [2.45, 2.75) is 24.8 Å². The van der Waals surface area contributed by atoms with Gasteiger partial charge >= 0.3 is 0 Å². The Bertz CT molecular complexity index is 1030. The molecule has 3 rings (SSSR count). The Morgan fingerprint density at radius 3 is 2.46 bits per heavy atom. The molecule has 0 spiro atoms. The number of rotatable bonds is 7. The third-order valence-electron chi connectivity index (χ3n) is 4.33. The molecule has 1 aromatic heterocycles. The second kappa shape index (κ2) is 8.58. The molecule has 146 valence electrons. The molecule has 3 aromatic rings. The van der Waals surface area contributed by atoms with E-state index in [9.17, 15) is 13.2 Å². The molecule has 0 saturated heterocycles. The first kappa shape index (κ1) is 20.1. The molecule has 5 nitrogen and oxygen atoms in total. The van der Waals surface area contributed by atoms with E-state index in [4.69, 9.17) is 0 Å². The highest BCUT2D eigenvalue weighted by Crippen LogP contribution is 2.24. The highest BCUT2D eigenvalue weighted by molar-refractivity contribution is 7.92. The number of nitrogens with zero attached hydrogens (tertiary/aromatic N) is 1. The monoisotopic (exact) mass is 414 g/mol. The Morgan fingerprint density at radius 1 is 1.07 bits per heavy atom. The van der Waals surface area contributed by atoms with Gasteiger partial charge in [0.2, 0.25) is 0 Å². The number of nitrogens with one attached hydrogen (secondary N) is 1. The van der Waals surface area contributed by atoms with Gasteiger partial charge in [-0.25, -0.2) is 8.42 Å². The Hall–Kier alpha value is -2.64. The van der Waals surface area contributed by atoms with Crippen LogP contribution in [0, 0.1) is 0 Å². The van der Waals surface area contributed by atoms with Gasteiger partial charge in [-0.05, 0) is 55.6 Å². The summed E-state index contributed by atoms with van der Waals surface area (Å²) in [5.74, 6) is -0.305. The van der Waals surface area contributed by atoms with Gasteiger partial charge in [-0.2, -0.15) is 0 Å². The van der Waals surface area contributed by atoms with Crippen molar-refractivity contribution in [1.29, 1.82) is 0 Å². The maximum Gasteiger partial charge on any atom is 0.264 e. The van der Waals surface area contributed by atoms with Crippen molar-refractivity contribution in [3.63, 3.8) is 0 Å². The minimum absolute atomic E-state index is 0.0922. The van der Waals surface area contributed by atoms with Gasteiger partial charge in [-0.3, -0.25) is 9.10 Å². The fourth-order valence-electron chi connectivity index (χ4n) is 2.90. The van der Waals surface area contributed by atoms with Gasteiger partial charge in [0.25, 0.3) is 15.9 Å². The maximum atomic E-state index is 13.1. The van der Waals surface area contributed by atoms with Crippen LogP contribution in [0.4, 0.5) is 5.69 Å². The molecule has 1 amide bonds. The number of hydrogen-bond donors (Lipinski definition) is 1. The average molecular weight is 415 g/mol. The summed E-state index contributed by atoms with van der Waals surface area (Å²) in [5, 5.41) is 4.87. The van der Waals surface area contributed by atoms with Crippen LogP contribution < -0.4 is 9.62 Å². The molecule has 1 atom stereocenters. The molecule has 0 radical (unpaired) electrons. The molecule has 0 bridgehead atoms. The highest BCUT2D eigenvalue weighted by atomic mass is 32.2. The van der Waals surface area contributed by atoms with Crippen LogP contribution in [0.3, 0.4) is 0 Å². The second-order valence-electron chi connectivity index (χ2n) is 6.24. The lowest BCUT2D eigenvalue weighted by atomic mass is 10.2. The van der Waals surface area contributed by atoms with Crippen molar-refractivity contribution in [1.82, 2.24) is 5.32 Å². The number of amides is 1. The Balaban J connectivity index is 1.86. The molecular formula is C21H22N2O3S2. The third kappa shape index (κ3) is 4.26. The van der Waals surface area contributed by atoms with E-state index in [2.05, 4.69) is 5.32 Å². The normalized spacial score (nSPS) is 12.4. The molecule has 0 aliphatic carbocycles. The molecule has 0 aliphatic rings. The summed E-state index contributed by atoms with van der Waals surface area (Å²) in [6.07, 6.45) is 0. The summed E-state index contributed by atoms with van der Waals surface area (Å²) in [7, 11) is -3.78. The molecule has 1 N–H and O–H groups in total. The quantitative estimate of drug-likeness (QED) is 0.621. The van der Waals surface area contributed by atoms with Crippen LogP contribution in [0.1, 0.15) is 35.1 Å². The van der Waals surface area contributed by atoms with Gasteiger partial charge in [0.05, 0.1) is 16.6 Å². The molecule has 1 unspecified atom stereocenters. The average Bonchev–Trinajstić information content (AvgIpc) is 3.24. The standard InChI is InChI=1S/C21H22N2O3S2/c1-3-23(18-10-5-4-6-11-18)28(25,26)19-12-7-9-17(15-19)21(24)22-16(2)20-13-8-14-27-20/h4-16H,3H2,1-2H3,(H,22,24). The van der Waals surface area contributed by atoms with Crippen LogP contribution in [0.2, 0.25) is 0 Å². The number of carbonyl (C=O) groups is 1. The number of para-hydroxylation sites is 1. The summed E-state index contributed by atoms with van der Waals surface area (Å²) >= 11 is 1.56. The molecule has 0 fully saturated rings.